The number of hydrogen-bond donors (Lipinski definition) is 1. The molecule has 0 fully saturated rings. The van der Waals surface area contributed by atoms with Gasteiger partial charge in [0.05, 0.1) is 5.69 Å². The van der Waals surface area contributed by atoms with Crippen molar-refractivity contribution in [3.63, 3.8) is 0 Å². The largest absolute Gasteiger partial charge is 0.411 e. The number of carbonyl (C=O) groups excluding carboxylic acids is 1. The Kier molecular flexibility index (Phi) is 3.33. The van der Waals surface area contributed by atoms with E-state index in [0.29, 0.717) is 0 Å². The van der Waals surface area contributed by atoms with E-state index in [-0.39, 0.29) is 11.6 Å². The predicted octanol–water partition coefficient (Wildman–Crippen LogP) is 1.52. The first-order valence-electron chi connectivity index (χ1n) is 3.77. The van der Waals surface area contributed by atoms with Gasteiger partial charge < -0.3 is 10.5 Å². The second-order valence-corrected chi connectivity index (χ2v) is 2.44. The normalized spacial score (nSPS) is 12.1. The van der Waals surface area contributed by atoms with Crippen LogP contribution in [0.2, 0.25) is 0 Å². The van der Waals surface area contributed by atoms with Crippen LogP contribution in [0.5, 0.6) is 5.88 Å². The summed E-state index contributed by atoms with van der Waals surface area (Å²) >= 11 is 0. The van der Waals surface area contributed by atoms with Crippen LogP contribution in [0.3, 0.4) is 0 Å². The molecule has 76 valence electrons. The molecule has 0 aliphatic carbocycles. The lowest BCUT2D eigenvalue weighted by atomic mass is 10.2. The third-order valence-corrected chi connectivity index (χ3v) is 1.41. The van der Waals surface area contributed by atoms with Gasteiger partial charge in [-0.1, -0.05) is 6.07 Å². The molecule has 1 unspecified atom stereocenters. The molecule has 0 bridgehead atoms. The Morgan fingerprint density at radius 3 is 2.93 bits per heavy atom. The third-order valence-electron chi connectivity index (χ3n) is 1.41. The summed E-state index contributed by atoms with van der Waals surface area (Å²) in [4.78, 5) is 13.9. The SMILES string of the molecule is NC(=O)Oc1cccc(C(F)CF)n1. The summed E-state index contributed by atoms with van der Waals surface area (Å²) in [5, 5.41) is 0. The van der Waals surface area contributed by atoms with Crippen molar-refractivity contribution in [2.45, 2.75) is 6.17 Å². The second-order valence-electron chi connectivity index (χ2n) is 2.44. The molecule has 0 saturated heterocycles. The van der Waals surface area contributed by atoms with Crippen molar-refractivity contribution in [3.8, 4) is 5.88 Å². The minimum Gasteiger partial charge on any atom is -0.391 e. The van der Waals surface area contributed by atoms with Crippen molar-refractivity contribution >= 4 is 6.09 Å². The van der Waals surface area contributed by atoms with Crippen LogP contribution in [-0.2, 0) is 0 Å². The molecule has 0 spiro atoms. The minimum absolute atomic E-state index is 0.133. The van der Waals surface area contributed by atoms with E-state index in [1.165, 1.54) is 18.2 Å². The van der Waals surface area contributed by atoms with Gasteiger partial charge in [-0.25, -0.2) is 18.6 Å². The smallest absolute Gasteiger partial charge is 0.391 e. The first-order valence-corrected chi connectivity index (χ1v) is 3.77. The van der Waals surface area contributed by atoms with E-state index in [9.17, 15) is 13.6 Å². The van der Waals surface area contributed by atoms with Crippen molar-refractivity contribution in [3.05, 3.63) is 23.9 Å². The van der Waals surface area contributed by atoms with E-state index < -0.39 is 18.9 Å². The van der Waals surface area contributed by atoms with Crippen LogP contribution in [0.1, 0.15) is 11.9 Å². The van der Waals surface area contributed by atoms with Crippen LogP contribution in [0, 0.1) is 0 Å². The number of aromatic nitrogens is 1. The number of nitrogens with two attached hydrogens (primary N) is 1. The van der Waals surface area contributed by atoms with E-state index in [4.69, 9.17) is 5.73 Å². The summed E-state index contributed by atoms with van der Waals surface area (Å²) in [7, 11) is 0. The summed E-state index contributed by atoms with van der Waals surface area (Å²) in [5.41, 5.74) is 4.58. The third kappa shape index (κ3) is 2.65. The van der Waals surface area contributed by atoms with Gasteiger partial charge in [-0.15, -0.1) is 0 Å². The highest BCUT2D eigenvalue weighted by atomic mass is 19.2. The lowest BCUT2D eigenvalue weighted by Crippen LogP contribution is -2.17. The van der Waals surface area contributed by atoms with E-state index in [2.05, 4.69) is 9.72 Å². The summed E-state index contributed by atoms with van der Waals surface area (Å²) in [5.74, 6) is -0.147. The van der Waals surface area contributed by atoms with Crippen molar-refractivity contribution in [2.75, 3.05) is 6.67 Å². The van der Waals surface area contributed by atoms with Crippen molar-refractivity contribution in [1.82, 2.24) is 4.98 Å². The van der Waals surface area contributed by atoms with E-state index >= 15 is 0 Å². The fourth-order valence-corrected chi connectivity index (χ4v) is 0.844. The maximum Gasteiger partial charge on any atom is 0.411 e. The van der Waals surface area contributed by atoms with Gasteiger partial charge in [-0.3, -0.25) is 0 Å². The Morgan fingerprint density at radius 1 is 1.64 bits per heavy atom. The topological polar surface area (TPSA) is 65.2 Å². The minimum atomic E-state index is -1.81. The van der Waals surface area contributed by atoms with Crippen molar-refractivity contribution < 1.29 is 18.3 Å². The number of pyridine rings is 1. The zero-order valence-corrected chi connectivity index (χ0v) is 7.11. The number of halogens is 2. The number of rotatable bonds is 3. The van der Waals surface area contributed by atoms with Crippen LogP contribution in [-0.4, -0.2) is 17.8 Å². The molecule has 1 heterocycles. The first kappa shape index (κ1) is 10.4. The summed E-state index contributed by atoms with van der Waals surface area (Å²) in [6, 6.07) is 4.00. The van der Waals surface area contributed by atoms with Gasteiger partial charge in [0.1, 0.15) is 6.67 Å². The molecule has 1 rings (SSSR count). The molecule has 0 aliphatic heterocycles. The van der Waals surface area contributed by atoms with Gasteiger partial charge >= 0.3 is 6.09 Å². The van der Waals surface area contributed by atoms with E-state index in [0.717, 1.165) is 0 Å². The molecule has 0 saturated carbocycles. The molecule has 1 aromatic rings. The van der Waals surface area contributed by atoms with Crippen LogP contribution in [0.4, 0.5) is 13.6 Å². The Bertz CT molecular complexity index is 333. The molecule has 0 radical (unpaired) electrons. The van der Waals surface area contributed by atoms with Gasteiger partial charge in [0.15, 0.2) is 6.17 Å². The van der Waals surface area contributed by atoms with E-state index in [1.807, 2.05) is 0 Å². The molecule has 2 N–H and O–H groups in total. The molecule has 1 aromatic heterocycles. The molecule has 0 aromatic carbocycles. The van der Waals surface area contributed by atoms with E-state index in [1.54, 1.807) is 0 Å². The Balaban J connectivity index is 2.83. The molecular formula is C8H8F2N2O2. The molecule has 1 amide bonds. The summed E-state index contributed by atoms with van der Waals surface area (Å²) in [6.07, 6.45) is -2.86. The monoisotopic (exact) mass is 202 g/mol. The molecular weight excluding hydrogens is 194 g/mol. The lowest BCUT2D eigenvalue weighted by molar-refractivity contribution is 0.208. The van der Waals surface area contributed by atoms with Crippen LogP contribution in [0.25, 0.3) is 0 Å². The molecule has 4 nitrogen and oxygen atoms in total. The average molecular weight is 202 g/mol. The standard InChI is InChI=1S/C8H8F2N2O2/c9-4-5(10)6-2-1-3-7(12-6)14-8(11)13/h1-3,5H,4H2,(H2,11,13). The van der Waals surface area contributed by atoms with Gasteiger partial charge in [0, 0.05) is 6.07 Å². The van der Waals surface area contributed by atoms with Gasteiger partial charge in [0.25, 0.3) is 0 Å². The van der Waals surface area contributed by atoms with Gasteiger partial charge in [0.2, 0.25) is 5.88 Å². The van der Waals surface area contributed by atoms with Crippen molar-refractivity contribution in [1.29, 1.82) is 0 Å². The Morgan fingerprint density at radius 2 is 2.36 bits per heavy atom. The number of amides is 1. The quantitative estimate of drug-likeness (QED) is 0.808. The Hall–Kier alpha value is -1.72. The zero-order valence-electron chi connectivity index (χ0n) is 7.11. The molecule has 6 heteroatoms. The number of nitrogens with zero attached hydrogens (tertiary/aromatic N) is 1. The van der Waals surface area contributed by atoms with Gasteiger partial charge in [-0.2, -0.15) is 0 Å². The fourth-order valence-electron chi connectivity index (χ4n) is 0.844. The lowest BCUT2D eigenvalue weighted by Gasteiger charge is -2.04. The molecule has 0 aliphatic rings. The Labute approximate surface area is 78.7 Å². The van der Waals surface area contributed by atoms with Crippen LogP contribution >= 0.6 is 0 Å². The maximum atomic E-state index is 12.8. The van der Waals surface area contributed by atoms with Crippen LogP contribution < -0.4 is 10.5 Å². The number of ether oxygens (including phenoxy) is 1. The predicted molar refractivity (Wildman–Crippen MR) is 44.3 cm³/mol. The second kappa shape index (κ2) is 4.50. The highest BCUT2D eigenvalue weighted by molar-refractivity contribution is 5.67. The highest BCUT2D eigenvalue weighted by Crippen LogP contribution is 2.18. The zero-order chi connectivity index (χ0) is 10.6. The number of hydrogen-bond acceptors (Lipinski definition) is 3. The summed E-state index contributed by atoms with van der Waals surface area (Å²) < 4.78 is 29.1. The number of alkyl halides is 2. The summed E-state index contributed by atoms with van der Waals surface area (Å²) in [6.45, 7) is -1.17. The average Bonchev–Trinajstić information content (AvgIpc) is 2.16. The first-order chi connectivity index (χ1) is 6.63. The molecule has 1 atom stereocenters. The van der Waals surface area contributed by atoms with Crippen molar-refractivity contribution in [2.24, 2.45) is 5.73 Å². The highest BCUT2D eigenvalue weighted by Gasteiger charge is 2.12. The number of carbonyl (C=O) groups is 1. The fraction of sp³-hybridized carbons (Fsp3) is 0.250. The van der Waals surface area contributed by atoms with Gasteiger partial charge in [-0.05, 0) is 6.07 Å². The van der Waals surface area contributed by atoms with Crippen LogP contribution in [0.15, 0.2) is 18.2 Å². The number of primary amides is 1. The molecule has 14 heavy (non-hydrogen) atoms. The maximum absolute atomic E-state index is 12.8.